The van der Waals surface area contributed by atoms with Gasteiger partial charge < -0.3 is 0 Å². The maximum absolute atomic E-state index is 12.2. The minimum absolute atomic E-state index is 0.0966. The van der Waals surface area contributed by atoms with Crippen LogP contribution in [-0.2, 0) is 0 Å². The van der Waals surface area contributed by atoms with Crippen LogP contribution in [0.25, 0.3) is 11.1 Å². The molecule has 0 amide bonds. The summed E-state index contributed by atoms with van der Waals surface area (Å²) >= 11 is 0. The van der Waals surface area contributed by atoms with Crippen LogP contribution in [0.5, 0.6) is 0 Å². The molecule has 1 aromatic heterocycles. The molecule has 0 unspecified atom stereocenters. The number of carbonyl (C=O) groups is 1. The van der Waals surface area contributed by atoms with Gasteiger partial charge in [-0.1, -0.05) is 48.5 Å². The van der Waals surface area contributed by atoms with Gasteiger partial charge in [0.15, 0.2) is 0 Å². The van der Waals surface area contributed by atoms with Crippen molar-refractivity contribution in [3.8, 4) is 11.1 Å². The first-order valence-electron chi connectivity index (χ1n) is 7.54. The Morgan fingerprint density at radius 2 is 1.64 bits per heavy atom. The highest BCUT2D eigenvalue weighted by molar-refractivity contribution is 5.81. The summed E-state index contributed by atoms with van der Waals surface area (Å²) in [6.45, 7) is 0. The molecule has 0 saturated carbocycles. The van der Waals surface area contributed by atoms with Gasteiger partial charge >= 0.3 is 0 Å². The Bertz CT molecular complexity index is 775. The zero-order valence-corrected chi connectivity index (χ0v) is 12.1. The number of nitrogens with zero attached hydrogens (tertiary/aromatic N) is 2. The van der Waals surface area contributed by atoms with Crippen LogP contribution in [-0.4, -0.2) is 15.5 Å². The Morgan fingerprint density at radius 1 is 1.00 bits per heavy atom. The van der Waals surface area contributed by atoms with Crippen LogP contribution in [0, 0.1) is 0 Å². The van der Waals surface area contributed by atoms with Crippen molar-refractivity contribution in [1.29, 1.82) is 0 Å². The Labute approximate surface area is 129 Å². The van der Waals surface area contributed by atoms with Crippen molar-refractivity contribution in [2.75, 3.05) is 0 Å². The number of carbonyl (C=O) groups excluding carboxylic acids is 1. The molecule has 0 N–H and O–H groups in total. The number of hydrogen-bond acceptors (Lipinski definition) is 2. The molecule has 3 aromatic rings. The SMILES string of the molecule is O=C(CCC1c2ccccc2-c2ccccc21)n1ccnc1. The van der Waals surface area contributed by atoms with Crippen LogP contribution in [0.1, 0.15) is 34.7 Å². The minimum atomic E-state index is 0.0966. The molecule has 0 bridgehead atoms. The van der Waals surface area contributed by atoms with Crippen LogP contribution in [0.3, 0.4) is 0 Å². The molecule has 1 aliphatic rings. The van der Waals surface area contributed by atoms with Crippen molar-refractivity contribution in [3.63, 3.8) is 0 Å². The van der Waals surface area contributed by atoms with Crippen molar-refractivity contribution in [2.45, 2.75) is 18.8 Å². The highest BCUT2D eigenvalue weighted by Crippen LogP contribution is 2.46. The summed E-state index contributed by atoms with van der Waals surface area (Å²) in [5.74, 6) is 0.402. The molecule has 0 saturated heterocycles. The lowest BCUT2D eigenvalue weighted by atomic mass is 9.92. The smallest absolute Gasteiger partial charge is 0.231 e. The maximum Gasteiger partial charge on any atom is 0.231 e. The predicted octanol–water partition coefficient (Wildman–Crippen LogP) is 4.12. The van der Waals surface area contributed by atoms with Gasteiger partial charge in [-0.15, -0.1) is 0 Å². The number of hydrogen-bond donors (Lipinski definition) is 0. The highest BCUT2D eigenvalue weighted by Gasteiger charge is 2.28. The third-order valence-electron chi connectivity index (χ3n) is 4.40. The van der Waals surface area contributed by atoms with Crippen molar-refractivity contribution in [1.82, 2.24) is 9.55 Å². The van der Waals surface area contributed by atoms with Crippen molar-refractivity contribution < 1.29 is 4.79 Å². The molecule has 4 rings (SSSR count). The average molecular weight is 288 g/mol. The predicted molar refractivity (Wildman–Crippen MR) is 85.8 cm³/mol. The van der Waals surface area contributed by atoms with Crippen molar-refractivity contribution in [2.24, 2.45) is 0 Å². The summed E-state index contributed by atoms with van der Waals surface area (Å²) in [6.07, 6.45) is 6.25. The zero-order valence-electron chi connectivity index (χ0n) is 12.1. The summed E-state index contributed by atoms with van der Waals surface area (Å²) in [7, 11) is 0. The number of imidazole rings is 1. The van der Waals surface area contributed by atoms with Gasteiger partial charge in [0.05, 0.1) is 0 Å². The van der Waals surface area contributed by atoms with Gasteiger partial charge in [-0.3, -0.25) is 9.36 Å². The third-order valence-corrected chi connectivity index (χ3v) is 4.40. The molecule has 0 aliphatic heterocycles. The third kappa shape index (κ3) is 2.06. The number of aromatic nitrogens is 2. The molecule has 0 radical (unpaired) electrons. The standard InChI is InChI=1S/C19H16N2O/c22-19(21-12-11-20-13-21)10-9-18-16-7-3-1-5-14(16)15-6-2-4-8-17(15)18/h1-8,11-13,18H,9-10H2. The van der Waals surface area contributed by atoms with Crippen LogP contribution >= 0.6 is 0 Å². The molecule has 2 aromatic carbocycles. The molecule has 0 atom stereocenters. The highest BCUT2D eigenvalue weighted by atomic mass is 16.2. The van der Waals surface area contributed by atoms with E-state index in [9.17, 15) is 4.79 Å². The fourth-order valence-corrected chi connectivity index (χ4v) is 3.37. The quantitative estimate of drug-likeness (QED) is 0.726. The molecule has 22 heavy (non-hydrogen) atoms. The Morgan fingerprint density at radius 3 is 2.23 bits per heavy atom. The van der Waals surface area contributed by atoms with Crippen molar-refractivity contribution in [3.05, 3.63) is 78.4 Å². The molecule has 1 aliphatic carbocycles. The van der Waals surface area contributed by atoms with E-state index in [1.54, 1.807) is 23.3 Å². The van der Waals surface area contributed by atoms with Crippen LogP contribution in [0.2, 0.25) is 0 Å². The van der Waals surface area contributed by atoms with Gasteiger partial charge in [0.2, 0.25) is 5.91 Å². The minimum Gasteiger partial charge on any atom is -0.276 e. The van der Waals surface area contributed by atoms with E-state index < -0.39 is 0 Å². The zero-order chi connectivity index (χ0) is 14.9. The van der Waals surface area contributed by atoms with E-state index in [-0.39, 0.29) is 5.91 Å². The monoisotopic (exact) mass is 288 g/mol. The fraction of sp³-hybridized carbons (Fsp3) is 0.158. The lowest BCUT2D eigenvalue weighted by Crippen LogP contribution is -2.10. The molecule has 108 valence electrons. The first-order valence-corrected chi connectivity index (χ1v) is 7.54. The van der Waals surface area contributed by atoms with E-state index in [1.807, 2.05) is 0 Å². The second-order valence-electron chi connectivity index (χ2n) is 5.63. The van der Waals surface area contributed by atoms with Crippen LogP contribution < -0.4 is 0 Å². The van der Waals surface area contributed by atoms with Gasteiger partial charge in [-0.2, -0.15) is 0 Å². The lowest BCUT2D eigenvalue weighted by Gasteiger charge is -2.13. The van der Waals surface area contributed by atoms with Gasteiger partial charge in [0.25, 0.3) is 0 Å². The second-order valence-corrected chi connectivity index (χ2v) is 5.63. The number of rotatable bonds is 3. The average Bonchev–Trinajstić information content (AvgIpc) is 3.20. The van der Waals surface area contributed by atoms with Gasteiger partial charge in [0.1, 0.15) is 6.33 Å². The first kappa shape index (κ1) is 13.0. The van der Waals surface area contributed by atoms with Crippen molar-refractivity contribution >= 4 is 5.91 Å². The molecule has 3 heteroatoms. The largest absolute Gasteiger partial charge is 0.276 e. The lowest BCUT2D eigenvalue weighted by molar-refractivity contribution is 0.0898. The second kappa shape index (κ2) is 5.26. The number of fused-ring (bicyclic) bond motifs is 3. The molecule has 3 nitrogen and oxygen atoms in total. The van der Waals surface area contributed by atoms with E-state index >= 15 is 0 Å². The summed E-state index contributed by atoms with van der Waals surface area (Å²) in [5, 5.41) is 0. The van der Waals surface area contributed by atoms with E-state index in [0.717, 1.165) is 6.42 Å². The van der Waals surface area contributed by atoms with E-state index in [1.165, 1.54) is 22.3 Å². The summed E-state index contributed by atoms with van der Waals surface area (Å²) in [6, 6.07) is 17.0. The molecular formula is C19H16N2O. The normalized spacial score (nSPS) is 12.9. The molecule has 0 fully saturated rings. The summed E-state index contributed by atoms with van der Waals surface area (Å²) in [5.41, 5.74) is 5.28. The summed E-state index contributed by atoms with van der Waals surface area (Å²) in [4.78, 5) is 16.1. The fourth-order valence-electron chi connectivity index (χ4n) is 3.37. The van der Waals surface area contributed by atoms with Gasteiger partial charge in [-0.25, -0.2) is 4.98 Å². The Balaban J connectivity index is 1.63. The molecule has 0 spiro atoms. The van der Waals surface area contributed by atoms with E-state index in [4.69, 9.17) is 0 Å². The first-order chi connectivity index (χ1) is 10.8. The maximum atomic E-state index is 12.2. The molecule has 1 heterocycles. The summed E-state index contributed by atoms with van der Waals surface area (Å²) < 4.78 is 1.56. The van der Waals surface area contributed by atoms with E-state index in [0.29, 0.717) is 12.3 Å². The van der Waals surface area contributed by atoms with Crippen LogP contribution in [0.15, 0.2) is 67.3 Å². The van der Waals surface area contributed by atoms with Gasteiger partial charge in [-0.05, 0) is 28.7 Å². The van der Waals surface area contributed by atoms with Gasteiger partial charge in [0, 0.05) is 24.7 Å². The Hall–Kier alpha value is -2.68. The topological polar surface area (TPSA) is 34.9 Å². The number of benzene rings is 2. The van der Waals surface area contributed by atoms with E-state index in [2.05, 4.69) is 53.5 Å². The Kier molecular flexibility index (Phi) is 3.11. The molecular weight excluding hydrogens is 272 g/mol. The van der Waals surface area contributed by atoms with Crippen LogP contribution in [0.4, 0.5) is 0 Å².